The Bertz CT molecular complexity index is 587. The van der Waals surface area contributed by atoms with E-state index in [1.54, 1.807) is 24.3 Å². The first-order chi connectivity index (χ1) is 10.5. The van der Waals surface area contributed by atoms with Crippen LogP contribution in [0.25, 0.3) is 0 Å². The van der Waals surface area contributed by atoms with Crippen LogP contribution in [0.1, 0.15) is 43.0 Å². The maximum absolute atomic E-state index is 12.1. The highest BCUT2D eigenvalue weighted by molar-refractivity contribution is 7.89. The molecule has 1 aliphatic carbocycles. The predicted molar refractivity (Wildman–Crippen MR) is 87.1 cm³/mol. The van der Waals surface area contributed by atoms with Gasteiger partial charge in [-0.15, -0.1) is 0 Å². The Balaban J connectivity index is 1.79. The lowest BCUT2D eigenvalue weighted by Gasteiger charge is -2.29. The zero-order valence-corrected chi connectivity index (χ0v) is 13.7. The highest BCUT2D eigenvalue weighted by Crippen LogP contribution is 2.24. The van der Waals surface area contributed by atoms with Gasteiger partial charge in [0.1, 0.15) is 0 Å². The molecule has 1 aromatic carbocycles. The van der Waals surface area contributed by atoms with Gasteiger partial charge in [-0.3, -0.25) is 4.79 Å². The van der Waals surface area contributed by atoms with Gasteiger partial charge in [0.15, 0.2) is 0 Å². The smallest absolute Gasteiger partial charge is 0.251 e. The highest BCUT2D eigenvalue weighted by atomic mass is 32.2. The Morgan fingerprint density at radius 1 is 1.18 bits per heavy atom. The molecule has 1 amide bonds. The van der Waals surface area contributed by atoms with Crippen molar-refractivity contribution in [3.63, 3.8) is 0 Å². The molecule has 0 bridgehead atoms. The standard InChI is InChI=1S/C16H24N2O3S/c1-13-7-5-6-10-15(13)18-22(20,21)12-11-17-16(19)14-8-3-2-4-9-14/h2-4,8-9,13,15,18H,5-7,10-12H2,1H3,(H,17,19)/t13-,15-/m1/s1. The van der Waals surface area contributed by atoms with Gasteiger partial charge in [-0.1, -0.05) is 38.0 Å². The molecule has 2 atom stereocenters. The fourth-order valence-electron chi connectivity index (χ4n) is 2.77. The molecule has 0 aromatic heterocycles. The van der Waals surface area contributed by atoms with Crippen molar-refractivity contribution < 1.29 is 13.2 Å². The van der Waals surface area contributed by atoms with Crippen LogP contribution in [0.4, 0.5) is 0 Å². The van der Waals surface area contributed by atoms with Crippen molar-refractivity contribution in [1.29, 1.82) is 0 Å². The quantitative estimate of drug-likeness (QED) is 0.839. The molecule has 0 unspecified atom stereocenters. The molecule has 6 heteroatoms. The van der Waals surface area contributed by atoms with Crippen molar-refractivity contribution in [2.75, 3.05) is 12.3 Å². The lowest BCUT2D eigenvalue weighted by atomic mass is 9.87. The van der Waals surface area contributed by atoms with Crippen LogP contribution in [-0.2, 0) is 10.0 Å². The minimum atomic E-state index is -3.36. The van der Waals surface area contributed by atoms with E-state index in [4.69, 9.17) is 0 Å². The van der Waals surface area contributed by atoms with Crippen LogP contribution in [0.5, 0.6) is 0 Å². The second-order valence-corrected chi connectivity index (χ2v) is 7.80. The van der Waals surface area contributed by atoms with Crippen LogP contribution in [0.3, 0.4) is 0 Å². The first-order valence-electron chi connectivity index (χ1n) is 7.81. The van der Waals surface area contributed by atoms with Gasteiger partial charge >= 0.3 is 0 Å². The van der Waals surface area contributed by atoms with Crippen molar-refractivity contribution >= 4 is 15.9 Å². The summed E-state index contributed by atoms with van der Waals surface area (Å²) in [5.41, 5.74) is 0.536. The van der Waals surface area contributed by atoms with Crippen molar-refractivity contribution in [3.8, 4) is 0 Å². The molecule has 2 N–H and O–H groups in total. The highest BCUT2D eigenvalue weighted by Gasteiger charge is 2.25. The first-order valence-corrected chi connectivity index (χ1v) is 9.46. The molecule has 1 aliphatic rings. The number of nitrogens with one attached hydrogen (secondary N) is 2. The van der Waals surface area contributed by atoms with Crippen LogP contribution < -0.4 is 10.0 Å². The number of sulfonamides is 1. The number of amides is 1. The molecule has 0 radical (unpaired) electrons. The van der Waals surface area contributed by atoms with Crippen LogP contribution in [0.15, 0.2) is 30.3 Å². The number of benzene rings is 1. The topological polar surface area (TPSA) is 75.3 Å². The molecule has 5 nitrogen and oxygen atoms in total. The van der Waals surface area contributed by atoms with Gasteiger partial charge in [-0.25, -0.2) is 13.1 Å². The summed E-state index contributed by atoms with van der Waals surface area (Å²) in [6.45, 7) is 2.20. The monoisotopic (exact) mass is 324 g/mol. The van der Waals surface area contributed by atoms with Crippen molar-refractivity contribution in [1.82, 2.24) is 10.0 Å². The molecule has 22 heavy (non-hydrogen) atoms. The number of hydrogen-bond acceptors (Lipinski definition) is 3. The van der Waals surface area contributed by atoms with E-state index in [2.05, 4.69) is 17.0 Å². The van der Waals surface area contributed by atoms with Crippen LogP contribution >= 0.6 is 0 Å². The third-order valence-electron chi connectivity index (χ3n) is 4.13. The minimum absolute atomic E-state index is 0.0311. The van der Waals surface area contributed by atoms with Gasteiger partial charge in [0.2, 0.25) is 10.0 Å². The summed E-state index contributed by atoms with van der Waals surface area (Å²) < 4.78 is 27.0. The zero-order valence-electron chi connectivity index (χ0n) is 12.9. The van der Waals surface area contributed by atoms with Gasteiger partial charge < -0.3 is 5.32 Å². The summed E-state index contributed by atoms with van der Waals surface area (Å²) in [5.74, 6) is 0.0405. The van der Waals surface area contributed by atoms with E-state index in [1.165, 1.54) is 6.42 Å². The molecule has 0 spiro atoms. The molecular formula is C16H24N2O3S. The third kappa shape index (κ3) is 5.10. The molecule has 1 fully saturated rings. The normalized spacial score (nSPS) is 22.2. The lowest BCUT2D eigenvalue weighted by molar-refractivity contribution is 0.0956. The van der Waals surface area contributed by atoms with Gasteiger partial charge in [0.25, 0.3) is 5.91 Å². The summed E-state index contributed by atoms with van der Waals surface area (Å²) in [5, 5.41) is 2.65. The zero-order chi connectivity index (χ0) is 16.0. The maximum atomic E-state index is 12.1. The van der Waals surface area contributed by atoms with Crippen LogP contribution in [0.2, 0.25) is 0 Å². The summed E-state index contributed by atoms with van der Waals surface area (Å²) in [4.78, 5) is 11.8. The number of hydrogen-bond donors (Lipinski definition) is 2. The summed E-state index contributed by atoms with van der Waals surface area (Å²) in [6, 6.07) is 8.81. The molecule has 122 valence electrons. The van der Waals surface area contributed by atoms with E-state index < -0.39 is 10.0 Å². The average molecular weight is 324 g/mol. The maximum Gasteiger partial charge on any atom is 0.251 e. The van der Waals surface area contributed by atoms with Crippen molar-refractivity contribution in [2.24, 2.45) is 5.92 Å². The van der Waals surface area contributed by atoms with E-state index in [1.807, 2.05) is 6.07 Å². The minimum Gasteiger partial charge on any atom is -0.351 e. The van der Waals surface area contributed by atoms with E-state index >= 15 is 0 Å². The number of carbonyl (C=O) groups excluding carboxylic acids is 1. The van der Waals surface area contributed by atoms with Gasteiger partial charge in [-0.2, -0.15) is 0 Å². The summed E-state index contributed by atoms with van der Waals surface area (Å²) in [6.07, 6.45) is 4.21. The second-order valence-electron chi connectivity index (χ2n) is 5.93. The Morgan fingerprint density at radius 3 is 2.55 bits per heavy atom. The van der Waals surface area contributed by atoms with E-state index in [0.29, 0.717) is 11.5 Å². The Morgan fingerprint density at radius 2 is 1.86 bits per heavy atom. The number of rotatable bonds is 6. The molecule has 1 aromatic rings. The molecular weight excluding hydrogens is 300 g/mol. The van der Waals surface area contributed by atoms with Crippen molar-refractivity contribution in [2.45, 2.75) is 38.6 Å². The lowest BCUT2D eigenvalue weighted by Crippen LogP contribution is -2.43. The van der Waals surface area contributed by atoms with Crippen molar-refractivity contribution in [3.05, 3.63) is 35.9 Å². The van der Waals surface area contributed by atoms with E-state index in [0.717, 1.165) is 19.3 Å². The van der Waals surface area contributed by atoms with Gasteiger partial charge in [-0.05, 0) is 30.9 Å². The Hall–Kier alpha value is -1.40. The van der Waals surface area contributed by atoms with E-state index in [9.17, 15) is 13.2 Å². The van der Waals surface area contributed by atoms with E-state index in [-0.39, 0.29) is 24.2 Å². The second kappa shape index (κ2) is 7.74. The Kier molecular flexibility index (Phi) is 5.97. The molecule has 1 saturated carbocycles. The molecule has 2 rings (SSSR count). The predicted octanol–water partition coefficient (Wildman–Crippen LogP) is 1.91. The van der Waals surface area contributed by atoms with Crippen LogP contribution in [-0.4, -0.2) is 32.7 Å². The Labute approximate surface area is 132 Å². The third-order valence-corrected chi connectivity index (χ3v) is 5.54. The number of carbonyl (C=O) groups is 1. The van der Waals surface area contributed by atoms with Gasteiger partial charge in [0, 0.05) is 18.2 Å². The van der Waals surface area contributed by atoms with Crippen LogP contribution in [0, 0.1) is 5.92 Å². The molecule has 0 heterocycles. The SMILES string of the molecule is C[C@@H]1CCCC[C@H]1NS(=O)(=O)CCNC(=O)c1ccccc1. The summed E-state index contributed by atoms with van der Waals surface area (Å²) in [7, 11) is -3.36. The molecule has 0 aliphatic heterocycles. The van der Waals surface area contributed by atoms with Gasteiger partial charge in [0.05, 0.1) is 5.75 Å². The summed E-state index contributed by atoms with van der Waals surface area (Å²) >= 11 is 0. The fourth-order valence-corrected chi connectivity index (χ4v) is 4.07. The largest absolute Gasteiger partial charge is 0.351 e. The average Bonchev–Trinajstić information content (AvgIpc) is 2.50. The first kappa shape index (κ1) is 17.0. The molecule has 0 saturated heterocycles. The fraction of sp³-hybridized carbons (Fsp3) is 0.562.